The van der Waals surface area contributed by atoms with Crippen LogP contribution >= 0.6 is 11.6 Å². The first-order chi connectivity index (χ1) is 17.5. The van der Waals surface area contributed by atoms with Crippen LogP contribution in [0.5, 0.6) is 11.5 Å². The lowest BCUT2D eigenvalue weighted by Gasteiger charge is -2.13. The van der Waals surface area contributed by atoms with Gasteiger partial charge < -0.3 is 14.0 Å². The van der Waals surface area contributed by atoms with Crippen LogP contribution < -0.4 is 20.7 Å². The maximum Gasteiger partial charge on any atom is 0.332 e. The van der Waals surface area contributed by atoms with Crippen molar-refractivity contribution in [3.8, 4) is 22.9 Å². The standard InChI is InChI=1S/C26H21ClN4O5/c1-34-21-9-5-7-19(23(21)35-2)24-28-22(36-29-24)15-30-20-8-4-3-6-18(20)25(32)31(26(30)33)14-16-10-12-17(27)13-11-16/h3-13H,14-15H2,1-2H3. The maximum atomic E-state index is 13.5. The molecule has 5 rings (SSSR count). The third-order valence-corrected chi connectivity index (χ3v) is 6.04. The molecule has 0 N–H and O–H groups in total. The number of ether oxygens (including phenoxy) is 2. The minimum atomic E-state index is -0.493. The van der Waals surface area contributed by atoms with Crippen LogP contribution in [0.1, 0.15) is 11.5 Å². The monoisotopic (exact) mass is 504 g/mol. The highest BCUT2D eigenvalue weighted by atomic mass is 35.5. The normalized spacial score (nSPS) is 11.1. The summed E-state index contributed by atoms with van der Waals surface area (Å²) in [7, 11) is 3.07. The average molecular weight is 505 g/mol. The van der Waals surface area contributed by atoms with Gasteiger partial charge in [-0.15, -0.1) is 0 Å². The topological polar surface area (TPSA) is 101 Å². The van der Waals surface area contributed by atoms with E-state index in [-0.39, 0.29) is 30.4 Å². The quantitative estimate of drug-likeness (QED) is 0.330. The summed E-state index contributed by atoms with van der Waals surface area (Å²) in [5.74, 6) is 1.47. The molecule has 0 aliphatic rings. The first-order valence-electron chi connectivity index (χ1n) is 11.0. The molecule has 182 valence electrons. The van der Waals surface area contributed by atoms with Crippen molar-refractivity contribution >= 4 is 22.5 Å². The molecule has 0 saturated carbocycles. The van der Waals surface area contributed by atoms with Crippen LogP contribution in [0.2, 0.25) is 5.02 Å². The number of fused-ring (bicyclic) bond motifs is 1. The van der Waals surface area contributed by atoms with Gasteiger partial charge >= 0.3 is 5.69 Å². The largest absolute Gasteiger partial charge is 0.493 e. The van der Waals surface area contributed by atoms with Crippen molar-refractivity contribution in [1.82, 2.24) is 19.3 Å². The zero-order valence-corrected chi connectivity index (χ0v) is 20.2. The van der Waals surface area contributed by atoms with Gasteiger partial charge in [0.25, 0.3) is 5.56 Å². The van der Waals surface area contributed by atoms with E-state index in [0.717, 1.165) is 5.56 Å². The van der Waals surface area contributed by atoms with E-state index in [1.54, 1.807) is 73.8 Å². The van der Waals surface area contributed by atoms with Crippen molar-refractivity contribution in [2.75, 3.05) is 14.2 Å². The minimum Gasteiger partial charge on any atom is -0.493 e. The Kier molecular flexibility index (Phi) is 6.30. The smallest absolute Gasteiger partial charge is 0.332 e. The molecular formula is C26H21ClN4O5. The molecule has 0 aliphatic heterocycles. The van der Waals surface area contributed by atoms with Gasteiger partial charge in [0.2, 0.25) is 11.7 Å². The van der Waals surface area contributed by atoms with Gasteiger partial charge in [0.15, 0.2) is 11.5 Å². The molecule has 0 fully saturated rings. The Labute approximate surface area is 210 Å². The van der Waals surface area contributed by atoms with Crippen molar-refractivity contribution in [3.63, 3.8) is 0 Å². The number of aromatic nitrogens is 4. The second-order valence-corrected chi connectivity index (χ2v) is 8.39. The van der Waals surface area contributed by atoms with E-state index in [0.29, 0.717) is 33.0 Å². The Morgan fingerprint density at radius 2 is 1.67 bits per heavy atom. The third-order valence-electron chi connectivity index (χ3n) is 5.79. The van der Waals surface area contributed by atoms with Gasteiger partial charge in [-0.3, -0.25) is 13.9 Å². The molecule has 0 spiro atoms. The summed E-state index contributed by atoms with van der Waals surface area (Å²) in [6.45, 7) is 0.0648. The lowest BCUT2D eigenvalue weighted by Crippen LogP contribution is -2.40. The number of methoxy groups -OCH3 is 2. The summed E-state index contributed by atoms with van der Waals surface area (Å²) in [6.07, 6.45) is 0. The van der Waals surface area contributed by atoms with Crippen LogP contribution in [0.4, 0.5) is 0 Å². The summed E-state index contributed by atoms with van der Waals surface area (Å²) < 4.78 is 18.9. The summed E-state index contributed by atoms with van der Waals surface area (Å²) in [5, 5.41) is 5.05. The molecule has 3 aromatic carbocycles. The molecule has 2 heterocycles. The fourth-order valence-corrected chi connectivity index (χ4v) is 4.19. The van der Waals surface area contributed by atoms with E-state index in [9.17, 15) is 9.59 Å². The SMILES string of the molecule is COc1cccc(-c2noc(Cn3c(=O)n(Cc4ccc(Cl)cc4)c(=O)c4ccccc43)n2)c1OC. The van der Waals surface area contributed by atoms with Gasteiger partial charge in [0.1, 0.15) is 6.54 Å². The highest BCUT2D eigenvalue weighted by Gasteiger charge is 2.19. The Bertz CT molecular complexity index is 1670. The van der Waals surface area contributed by atoms with Crippen molar-refractivity contribution in [2.45, 2.75) is 13.1 Å². The molecule has 0 amide bonds. The summed E-state index contributed by atoms with van der Waals surface area (Å²) in [5.41, 5.74) is 0.947. The van der Waals surface area contributed by atoms with Crippen LogP contribution in [0.3, 0.4) is 0 Å². The molecule has 9 nitrogen and oxygen atoms in total. The molecule has 0 bridgehead atoms. The van der Waals surface area contributed by atoms with E-state index >= 15 is 0 Å². The molecule has 0 unspecified atom stereocenters. The third kappa shape index (κ3) is 4.25. The Morgan fingerprint density at radius 1 is 0.889 bits per heavy atom. The Hall–Kier alpha value is -4.37. The second kappa shape index (κ2) is 9.71. The molecule has 0 atom stereocenters. The van der Waals surface area contributed by atoms with Gasteiger partial charge in [0.05, 0.1) is 37.2 Å². The molecule has 36 heavy (non-hydrogen) atoms. The Balaban J connectivity index is 1.58. The van der Waals surface area contributed by atoms with E-state index in [2.05, 4.69) is 10.1 Å². The predicted octanol–water partition coefficient (Wildman–Crippen LogP) is 3.98. The lowest BCUT2D eigenvalue weighted by molar-refractivity contribution is 0.354. The zero-order valence-electron chi connectivity index (χ0n) is 19.5. The molecule has 2 aromatic heterocycles. The van der Waals surface area contributed by atoms with Crippen molar-refractivity contribution in [3.05, 3.63) is 104 Å². The second-order valence-electron chi connectivity index (χ2n) is 7.96. The van der Waals surface area contributed by atoms with E-state index in [1.165, 1.54) is 16.2 Å². The van der Waals surface area contributed by atoms with Gasteiger partial charge in [0, 0.05) is 5.02 Å². The van der Waals surface area contributed by atoms with E-state index < -0.39 is 5.69 Å². The molecular weight excluding hydrogens is 484 g/mol. The maximum absolute atomic E-state index is 13.5. The van der Waals surface area contributed by atoms with Gasteiger partial charge in [-0.05, 0) is 42.0 Å². The number of hydrogen-bond acceptors (Lipinski definition) is 7. The molecule has 0 aliphatic carbocycles. The average Bonchev–Trinajstić information content (AvgIpc) is 3.38. The number of para-hydroxylation sites is 2. The molecule has 0 radical (unpaired) electrons. The molecule has 5 aromatic rings. The zero-order chi connectivity index (χ0) is 25.2. The number of halogens is 1. The number of rotatable bonds is 7. The van der Waals surface area contributed by atoms with Crippen LogP contribution in [-0.2, 0) is 13.1 Å². The van der Waals surface area contributed by atoms with Crippen LogP contribution in [0, 0.1) is 0 Å². The van der Waals surface area contributed by atoms with Gasteiger partial charge in [-0.1, -0.05) is 47.1 Å². The predicted molar refractivity (Wildman–Crippen MR) is 135 cm³/mol. The number of nitrogens with zero attached hydrogens (tertiary/aromatic N) is 4. The molecule has 10 heteroatoms. The van der Waals surface area contributed by atoms with Crippen LogP contribution in [0.15, 0.2) is 80.8 Å². The number of benzene rings is 3. The Morgan fingerprint density at radius 3 is 2.42 bits per heavy atom. The highest BCUT2D eigenvalue weighted by Crippen LogP contribution is 2.36. The lowest BCUT2D eigenvalue weighted by atomic mass is 10.1. The van der Waals surface area contributed by atoms with Crippen LogP contribution in [0.25, 0.3) is 22.3 Å². The van der Waals surface area contributed by atoms with Gasteiger partial charge in [-0.25, -0.2) is 4.79 Å². The van der Waals surface area contributed by atoms with Crippen molar-refractivity contribution in [1.29, 1.82) is 0 Å². The van der Waals surface area contributed by atoms with Crippen molar-refractivity contribution < 1.29 is 14.0 Å². The van der Waals surface area contributed by atoms with Crippen LogP contribution in [-0.4, -0.2) is 33.5 Å². The summed E-state index contributed by atoms with van der Waals surface area (Å²) in [4.78, 5) is 31.2. The van der Waals surface area contributed by atoms with Crippen molar-refractivity contribution in [2.24, 2.45) is 0 Å². The number of hydrogen-bond donors (Lipinski definition) is 0. The fourth-order valence-electron chi connectivity index (χ4n) is 4.06. The fraction of sp³-hybridized carbons (Fsp3) is 0.154. The minimum absolute atomic E-state index is 0.0282. The first kappa shape index (κ1) is 23.4. The summed E-state index contributed by atoms with van der Waals surface area (Å²) in [6, 6.07) is 19.2. The van der Waals surface area contributed by atoms with E-state index in [4.69, 9.17) is 25.6 Å². The first-order valence-corrected chi connectivity index (χ1v) is 11.4. The molecule has 0 saturated heterocycles. The highest BCUT2D eigenvalue weighted by molar-refractivity contribution is 6.30. The summed E-state index contributed by atoms with van der Waals surface area (Å²) >= 11 is 5.98. The van der Waals surface area contributed by atoms with Gasteiger partial charge in [-0.2, -0.15) is 4.98 Å². The van der Waals surface area contributed by atoms with E-state index in [1.807, 2.05) is 0 Å².